The number of hydrogen-bond acceptors (Lipinski definition) is 9. The van der Waals surface area contributed by atoms with Gasteiger partial charge in [-0.05, 0) is 23.8 Å². The predicted molar refractivity (Wildman–Crippen MR) is 83.0 cm³/mol. The molecule has 1 aromatic rings. The molecule has 6 atom stereocenters. The molecule has 1 aliphatic carbocycles. The van der Waals surface area contributed by atoms with Gasteiger partial charge >= 0.3 is 5.97 Å². The first-order valence-corrected chi connectivity index (χ1v) is 7.38. The van der Waals surface area contributed by atoms with E-state index in [-0.39, 0.29) is 5.75 Å². The highest BCUT2D eigenvalue weighted by atomic mass is 16.7. The molecule has 2 rings (SSSR count). The van der Waals surface area contributed by atoms with E-state index in [1.165, 1.54) is 30.3 Å². The number of esters is 1. The minimum Gasteiger partial charge on any atom is -0.508 e. The zero-order valence-corrected chi connectivity index (χ0v) is 13.3. The number of rotatable bonds is 4. The number of methoxy groups -OCH3 is 1. The Hall–Kier alpha value is -2.01. The summed E-state index contributed by atoms with van der Waals surface area (Å²) in [4.78, 5) is 11.9. The van der Waals surface area contributed by atoms with Crippen LogP contribution in [-0.4, -0.2) is 80.0 Å². The van der Waals surface area contributed by atoms with E-state index in [0.29, 0.717) is 5.56 Å². The van der Waals surface area contributed by atoms with Crippen molar-refractivity contribution in [3.63, 3.8) is 0 Å². The molecular weight excluding hydrogens is 336 g/mol. The molecule has 6 N–H and O–H groups in total. The van der Waals surface area contributed by atoms with Gasteiger partial charge in [0.2, 0.25) is 5.79 Å². The average molecular weight is 356 g/mol. The minimum atomic E-state index is -2.61. The van der Waals surface area contributed by atoms with Crippen LogP contribution < -0.4 is 0 Å². The highest BCUT2D eigenvalue weighted by Crippen LogP contribution is 2.33. The number of carbonyl (C=O) groups excluding carboxylic acids is 1. The third kappa shape index (κ3) is 3.82. The molecule has 0 amide bonds. The van der Waals surface area contributed by atoms with Gasteiger partial charge < -0.3 is 40.1 Å². The largest absolute Gasteiger partial charge is 0.508 e. The van der Waals surface area contributed by atoms with Gasteiger partial charge in [-0.25, -0.2) is 4.79 Å². The Morgan fingerprint density at radius 2 is 1.68 bits per heavy atom. The molecule has 9 heteroatoms. The van der Waals surface area contributed by atoms with Crippen LogP contribution in [0.1, 0.15) is 5.56 Å². The van der Waals surface area contributed by atoms with Gasteiger partial charge in [0.1, 0.15) is 30.2 Å². The molecule has 0 radical (unpaired) electrons. The lowest BCUT2D eigenvalue weighted by Crippen LogP contribution is -2.72. The third-order valence-corrected chi connectivity index (χ3v) is 4.04. The Kier molecular flexibility index (Phi) is 5.78. The molecule has 25 heavy (non-hydrogen) atoms. The fraction of sp³-hybridized carbons (Fsp3) is 0.438. The van der Waals surface area contributed by atoms with Crippen LogP contribution in [0, 0.1) is 0 Å². The number of aliphatic hydroxyl groups is 5. The van der Waals surface area contributed by atoms with Crippen LogP contribution in [0.3, 0.4) is 0 Å². The maximum absolute atomic E-state index is 11.9. The first kappa shape index (κ1) is 19.3. The zero-order chi connectivity index (χ0) is 18.8. The van der Waals surface area contributed by atoms with Crippen molar-refractivity contribution >= 4 is 12.0 Å². The molecule has 0 heterocycles. The molecule has 1 aliphatic rings. The Labute approximate surface area is 143 Å². The number of benzene rings is 1. The maximum atomic E-state index is 11.9. The number of carbonyl (C=O) groups is 1. The second-order valence-electron chi connectivity index (χ2n) is 5.65. The Morgan fingerprint density at radius 3 is 2.24 bits per heavy atom. The van der Waals surface area contributed by atoms with Gasteiger partial charge in [0.15, 0.2) is 6.10 Å². The second-order valence-corrected chi connectivity index (χ2v) is 5.65. The van der Waals surface area contributed by atoms with Crippen molar-refractivity contribution in [2.45, 2.75) is 36.3 Å². The summed E-state index contributed by atoms with van der Waals surface area (Å²) in [5, 5.41) is 58.7. The van der Waals surface area contributed by atoms with Crippen LogP contribution in [0.25, 0.3) is 6.08 Å². The van der Waals surface area contributed by atoms with Gasteiger partial charge in [0.05, 0.1) is 0 Å². The van der Waals surface area contributed by atoms with E-state index >= 15 is 0 Å². The maximum Gasteiger partial charge on any atom is 0.331 e. The molecule has 1 fully saturated rings. The fourth-order valence-corrected chi connectivity index (χ4v) is 2.53. The quantitative estimate of drug-likeness (QED) is 0.206. The van der Waals surface area contributed by atoms with E-state index in [0.717, 1.165) is 13.2 Å². The van der Waals surface area contributed by atoms with Crippen molar-refractivity contribution in [1.82, 2.24) is 0 Å². The van der Waals surface area contributed by atoms with Crippen molar-refractivity contribution < 1.29 is 44.9 Å². The lowest BCUT2D eigenvalue weighted by molar-refractivity contribution is -0.354. The van der Waals surface area contributed by atoms with Gasteiger partial charge in [-0.3, -0.25) is 0 Å². The van der Waals surface area contributed by atoms with Gasteiger partial charge in [-0.2, -0.15) is 0 Å². The molecule has 0 unspecified atom stereocenters. The lowest BCUT2D eigenvalue weighted by atomic mass is 9.82. The molecule has 9 nitrogen and oxygen atoms in total. The smallest absolute Gasteiger partial charge is 0.331 e. The van der Waals surface area contributed by atoms with E-state index in [4.69, 9.17) is 9.47 Å². The van der Waals surface area contributed by atoms with E-state index < -0.39 is 42.3 Å². The number of aromatic hydroxyl groups is 1. The SMILES string of the molecule is CO[C@@]1(O)[C@@H](O)[C@H](O)[C@@H](O)[C@H](O)[C@@H]1OC(=O)/C=C/c1ccc(O)cc1. The van der Waals surface area contributed by atoms with E-state index in [1.54, 1.807) is 0 Å². The first-order valence-electron chi connectivity index (χ1n) is 7.38. The van der Waals surface area contributed by atoms with Crippen LogP contribution in [0.4, 0.5) is 0 Å². The van der Waals surface area contributed by atoms with Crippen molar-refractivity contribution in [3.8, 4) is 5.75 Å². The monoisotopic (exact) mass is 356 g/mol. The normalized spacial score (nSPS) is 35.7. The summed E-state index contributed by atoms with van der Waals surface area (Å²) in [6, 6.07) is 5.88. The zero-order valence-electron chi connectivity index (χ0n) is 13.3. The number of phenolic OH excluding ortho intramolecular Hbond substituents is 1. The number of hydrogen-bond donors (Lipinski definition) is 6. The van der Waals surface area contributed by atoms with E-state index in [1.807, 2.05) is 0 Å². The van der Waals surface area contributed by atoms with Gasteiger partial charge in [-0.1, -0.05) is 12.1 Å². The molecule has 1 aromatic carbocycles. The second kappa shape index (κ2) is 7.48. The van der Waals surface area contributed by atoms with Crippen molar-refractivity contribution in [1.29, 1.82) is 0 Å². The van der Waals surface area contributed by atoms with Crippen molar-refractivity contribution in [2.24, 2.45) is 0 Å². The summed E-state index contributed by atoms with van der Waals surface area (Å²) in [7, 11) is 0.980. The highest BCUT2D eigenvalue weighted by molar-refractivity contribution is 5.87. The topological polar surface area (TPSA) is 157 Å². The first-order chi connectivity index (χ1) is 11.7. The lowest BCUT2D eigenvalue weighted by Gasteiger charge is -2.47. The van der Waals surface area contributed by atoms with Crippen molar-refractivity contribution in [3.05, 3.63) is 35.9 Å². The number of ether oxygens (including phenoxy) is 2. The van der Waals surface area contributed by atoms with Gasteiger partial charge in [-0.15, -0.1) is 0 Å². The summed E-state index contributed by atoms with van der Waals surface area (Å²) in [6.45, 7) is 0. The van der Waals surface area contributed by atoms with Crippen LogP contribution in [0.15, 0.2) is 30.3 Å². The Bertz CT molecular complexity index is 629. The van der Waals surface area contributed by atoms with E-state index in [9.17, 15) is 35.4 Å². The molecule has 0 saturated heterocycles. The fourth-order valence-electron chi connectivity index (χ4n) is 2.53. The molecule has 0 spiro atoms. The van der Waals surface area contributed by atoms with Gasteiger partial charge in [0, 0.05) is 13.2 Å². The number of aliphatic hydroxyl groups excluding tert-OH is 4. The molecule has 0 aliphatic heterocycles. The summed E-state index contributed by atoms with van der Waals surface area (Å²) in [6.07, 6.45) is -7.18. The molecule has 138 valence electrons. The average Bonchev–Trinajstić information content (AvgIpc) is 2.61. The van der Waals surface area contributed by atoms with Crippen molar-refractivity contribution in [2.75, 3.05) is 7.11 Å². The van der Waals surface area contributed by atoms with Crippen LogP contribution in [0.5, 0.6) is 5.75 Å². The molecule has 0 aromatic heterocycles. The standard InChI is InChI=1S/C16H20O9/c1-24-16(23)14(22)12(20)11(19)13(21)15(16)25-10(18)7-4-8-2-5-9(17)6-3-8/h2-7,11-15,17,19-23H,1H3/b7-4+/t11-,12-,13+,14+,15+,16+/m1/s1. The molecular formula is C16H20O9. The van der Waals surface area contributed by atoms with Crippen LogP contribution in [0.2, 0.25) is 0 Å². The third-order valence-electron chi connectivity index (χ3n) is 4.04. The summed E-state index contributed by atoms with van der Waals surface area (Å²) >= 11 is 0. The summed E-state index contributed by atoms with van der Waals surface area (Å²) in [5.74, 6) is -3.56. The van der Waals surface area contributed by atoms with Gasteiger partial charge in [0.25, 0.3) is 0 Å². The summed E-state index contributed by atoms with van der Waals surface area (Å²) in [5.41, 5.74) is 0.566. The minimum absolute atomic E-state index is 0.0525. The van der Waals surface area contributed by atoms with Crippen LogP contribution >= 0.6 is 0 Å². The summed E-state index contributed by atoms with van der Waals surface area (Å²) < 4.78 is 9.63. The number of phenols is 1. The van der Waals surface area contributed by atoms with Crippen LogP contribution in [-0.2, 0) is 14.3 Å². The Morgan fingerprint density at radius 1 is 1.08 bits per heavy atom. The predicted octanol–water partition coefficient (Wildman–Crippen LogP) is -1.89. The molecule has 0 bridgehead atoms. The Balaban J connectivity index is 2.15. The van der Waals surface area contributed by atoms with E-state index in [2.05, 4.69) is 0 Å². The highest BCUT2D eigenvalue weighted by Gasteiger charge is 2.60. The molecule has 1 saturated carbocycles.